The lowest BCUT2D eigenvalue weighted by atomic mass is 10.1. The topological polar surface area (TPSA) is 175 Å². The lowest BCUT2D eigenvalue weighted by molar-refractivity contribution is -0.137. The van der Waals surface area contributed by atoms with Crippen molar-refractivity contribution in [2.24, 2.45) is 0 Å². The summed E-state index contributed by atoms with van der Waals surface area (Å²) in [4.78, 5) is 14.3. The number of aromatic nitrogens is 8. The van der Waals surface area contributed by atoms with E-state index in [1.807, 2.05) is 13.8 Å². The molecular weight excluding hydrogens is 509 g/mol. The molecule has 0 radical (unpaired) electrons. The number of ether oxygens (including phenoxy) is 1. The van der Waals surface area contributed by atoms with Crippen molar-refractivity contribution in [2.45, 2.75) is 63.6 Å². The molecule has 202 valence electrons. The van der Waals surface area contributed by atoms with Crippen LogP contribution in [-0.4, -0.2) is 68.2 Å². The van der Waals surface area contributed by atoms with Gasteiger partial charge < -0.3 is 26.0 Å². The molecule has 5 N–H and O–H groups in total. The van der Waals surface area contributed by atoms with Crippen LogP contribution in [0.25, 0.3) is 11.2 Å². The van der Waals surface area contributed by atoms with E-state index in [9.17, 15) is 23.4 Å². The number of hydrogen-bond acceptors (Lipinski definition) is 11. The van der Waals surface area contributed by atoms with Crippen LogP contribution in [0.1, 0.15) is 43.1 Å². The molecule has 1 fully saturated rings. The highest BCUT2D eigenvalue weighted by atomic mass is 19.4. The third-order valence-electron chi connectivity index (χ3n) is 6.17. The number of rotatable bonds is 7. The second-order valence-corrected chi connectivity index (χ2v) is 8.97. The number of tetrazole rings is 1. The van der Waals surface area contributed by atoms with Crippen molar-refractivity contribution in [2.75, 3.05) is 11.1 Å². The first-order chi connectivity index (χ1) is 18.0. The van der Waals surface area contributed by atoms with Crippen molar-refractivity contribution in [3.8, 4) is 0 Å². The molecule has 1 aromatic carbocycles. The Kier molecular flexibility index (Phi) is 6.62. The zero-order valence-corrected chi connectivity index (χ0v) is 20.3. The highest BCUT2D eigenvalue weighted by Gasteiger charge is 2.47. The molecule has 5 atom stereocenters. The van der Waals surface area contributed by atoms with Gasteiger partial charge >= 0.3 is 6.18 Å². The number of nitrogens with two attached hydrogens (primary N) is 1. The number of nitrogens with one attached hydrogen (secondary N) is 1. The summed E-state index contributed by atoms with van der Waals surface area (Å²) in [7, 11) is 0. The van der Waals surface area contributed by atoms with Gasteiger partial charge in [-0.2, -0.15) is 27.9 Å². The van der Waals surface area contributed by atoms with Crippen LogP contribution in [0.2, 0.25) is 0 Å². The molecule has 3 aromatic heterocycles. The standard InChI is InChI=1S/C22H25F3N10O3/c1-3-35-32-18(31-33-35)16-14(36)15(37)20(38-16)34-9-27-13-17(26)29-21(30-19(13)34)28-10(2)8-11-4-6-12(7-5-11)22(23,24)25/h4-7,9-10,14-16,20,36-37H,3,8H2,1-2H3,(H3,26,28,29,30)/t10?,14-,15+,16-,20+/m0/s1. The summed E-state index contributed by atoms with van der Waals surface area (Å²) in [6, 6.07) is 4.64. The van der Waals surface area contributed by atoms with E-state index in [1.54, 1.807) is 0 Å². The molecule has 4 heterocycles. The van der Waals surface area contributed by atoms with Crippen LogP contribution in [0.4, 0.5) is 24.9 Å². The summed E-state index contributed by atoms with van der Waals surface area (Å²) in [5.74, 6) is 0.335. The molecule has 0 spiro atoms. The smallest absolute Gasteiger partial charge is 0.387 e. The Morgan fingerprint density at radius 2 is 1.89 bits per heavy atom. The zero-order valence-electron chi connectivity index (χ0n) is 20.3. The second-order valence-electron chi connectivity index (χ2n) is 8.97. The van der Waals surface area contributed by atoms with E-state index in [-0.39, 0.29) is 34.8 Å². The summed E-state index contributed by atoms with van der Waals surface area (Å²) in [5.41, 5.74) is 6.57. The van der Waals surface area contributed by atoms with Gasteiger partial charge in [0.2, 0.25) is 11.8 Å². The van der Waals surface area contributed by atoms with Gasteiger partial charge in [0.15, 0.2) is 23.8 Å². The predicted molar refractivity (Wildman–Crippen MR) is 126 cm³/mol. The average Bonchev–Trinajstić information content (AvgIpc) is 3.57. The van der Waals surface area contributed by atoms with Gasteiger partial charge in [-0.15, -0.1) is 10.2 Å². The Labute approximate surface area is 213 Å². The third kappa shape index (κ3) is 4.84. The number of nitrogen functional groups attached to an aromatic ring is 1. The monoisotopic (exact) mass is 534 g/mol. The number of imidazole rings is 1. The van der Waals surface area contributed by atoms with Crippen LogP contribution in [0.3, 0.4) is 0 Å². The maximum Gasteiger partial charge on any atom is 0.416 e. The molecule has 13 nitrogen and oxygen atoms in total. The molecule has 1 aliphatic rings. The van der Waals surface area contributed by atoms with Gasteiger partial charge in [-0.05, 0) is 43.2 Å². The van der Waals surface area contributed by atoms with Crippen molar-refractivity contribution in [1.29, 1.82) is 0 Å². The second kappa shape index (κ2) is 9.77. The van der Waals surface area contributed by atoms with Crippen molar-refractivity contribution >= 4 is 22.9 Å². The molecule has 0 amide bonds. The van der Waals surface area contributed by atoms with Gasteiger partial charge in [-0.1, -0.05) is 12.1 Å². The number of aliphatic hydroxyl groups is 2. The zero-order chi connectivity index (χ0) is 27.2. The van der Waals surface area contributed by atoms with Gasteiger partial charge in [-0.3, -0.25) is 4.57 Å². The minimum atomic E-state index is -4.40. The molecule has 5 rings (SSSR count). The van der Waals surface area contributed by atoms with Crippen LogP contribution in [0, 0.1) is 0 Å². The number of benzene rings is 1. The highest BCUT2D eigenvalue weighted by molar-refractivity contribution is 5.83. The fourth-order valence-corrected chi connectivity index (χ4v) is 4.25. The molecule has 0 saturated carbocycles. The van der Waals surface area contributed by atoms with Crippen molar-refractivity contribution in [3.63, 3.8) is 0 Å². The molecule has 4 aromatic rings. The number of aryl methyl sites for hydroxylation is 1. The van der Waals surface area contributed by atoms with E-state index in [2.05, 4.69) is 35.7 Å². The first-order valence-corrected chi connectivity index (χ1v) is 11.8. The number of fused-ring (bicyclic) bond motifs is 1. The summed E-state index contributed by atoms with van der Waals surface area (Å²) in [6.45, 7) is 4.12. The van der Waals surface area contributed by atoms with Gasteiger partial charge in [0.25, 0.3) is 0 Å². The molecular formula is C22H25F3N10O3. The van der Waals surface area contributed by atoms with Crippen LogP contribution in [0.15, 0.2) is 30.6 Å². The maximum atomic E-state index is 12.8. The minimum Gasteiger partial charge on any atom is -0.387 e. The summed E-state index contributed by atoms with van der Waals surface area (Å²) in [6.07, 6.45) is -7.46. The fourth-order valence-electron chi connectivity index (χ4n) is 4.25. The van der Waals surface area contributed by atoms with Crippen LogP contribution in [0.5, 0.6) is 0 Å². The lowest BCUT2D eigenvalue weighted by Crippen LogP contribution is -2.29. The average molecular weight is 535 g/mol. The first kappa shape index (κ1) is 25.7. The molecule has 0 bridgehead atoms. The van der Waals surface area contributed by atoms with Crippen LogP contribution >= 0.6 is 0 Å². The Balaban J connectivity index is 1.35. The highest BCUT2D eigenvalue weighted by Crippen LogP contribution is 2.39. The number of halogens is 3. The van der Waals surface area contributed by atoms with E-state index in [0.29, 0.717) is 18.5 Å². The van der Waals surface area contributed by atoms with Crippen LogP contribution < -0.4 is 11.1 Å². The number of aliphatic hydroxyl groups excluding tert-OH is 2. The fraction of sp³-hybridized carbons (Fsp3) is 0.455. The SMILES string of the molecule is CCn1nnc([C@H]2O[C@@H](n3cnc4c(N)nc(NC(C)Cc5ccc(C(F)(F)F)cc5)nc43)[C@H](O)[C@@H]2O)n1. The van der Waals surface area contributed by atoms with Crippen LogP contribution in [-0.2, 0) is 23.9 Å². The minimum absolute atomic E-state index is 0.0649. The Morgan fingerprint density at radius 3 is 2.55 bits per heavy atom. The molecule has 1 aliphatic heterocycles. The Morgan fingerprint density at radius 1 is 1.16 bits per heavy atom. The Bertz CT molecular complexity index is 1420. The quantitative estimate of drug-likeness (QED) is 0.270. The van der Waals surface area contributed by atoms with Crippen molar-refractivity contribution in [3.05, 3.63) is 47.5 Å². The Hall–Kier alpha value is -3.89. The summed E-state index contributed by atoms with van der Waals surface area (Å²) in [5, 5.41) is 36.3. The van der Waals surface area contributed by atoms with E-state index >= 15 is 0 Å². The number of anilines is 2. The van der Waals surface area contributed by atoms with Crippen molar-refractivity contribution in [1.82, 2.24) is 39.7 Å². The van der Waals surface area contributed by atoms with E-state index in [0.717, 1.165) is 12.1 Å². The molecule has 38 heavy (non-hydrogen) atoms. The van der Waals surface area contributed by atoms with Gasteiger partial charge in [0, 0.05) is 6.04 Å². The molecule has 16 heteroatoms. The normalized spacial score (nSPS) is 22.7. The third-order valence-corrected chi connectivity index (χ3v) is 6.17. The van der Waals surface area contributed by atoms with E-state index < -0.39 is 36.3 Å². The first-order valence-electron chi connectivity index (χ1n) is 11.8. The van der Waals surface area contributed by atoms with Gasteiger partial charge in [0.05, 0.1) is 18.4 Å². The predicted octanol–water partition coefficient (Wildman–Crippen LogP) is 1.47. The number of nitrogens with zero attached hydrogens (tertiary/aromatic N) is 8. The number of alkyl halides is 3. The lowest BCUT2D eigenvalue weighted by Gasteiger charge is -2.18. The largest absolute Gasteiger partial charge is 0.416 e. The number of hydrogen-bond donors (Lipinski definition) is 4. The van der Waals surface area contributed by atoms with E-state index in [4.69, 9.17) is 10.5 Å². The molecule has 1 unspecified atom stereocenters. The molecule has 1 saturated heterocycles. The van der Waals surface area contributed by atoms with E-state index in [1.165, 1.54) is 27.8 Å². The van der Waals surface area contributed by atoms with Gasteiger partial charge in [0.1, 0.15) is 17.7 Å². The maximum absolute atomic E-state index is 12.8. The van der Waals surface area contributed by atoms with Gasteiger partial charge in [-0.25, -0.2) is 4.98 Å². The van der Waals surface area contributed by atoms with Crippen molar-refractivity contribution < 1.29 is 28.1 Å². The molecule has 0 aliphatic carbocycles. The summed E-state index contributed by atoms with van der Waals surface area (Å²) >= 11 is 0. The summed E-state index contributed by atoms with van der Waals surface area (Å²) < 4.78 is 45.8.